The van der Waals surface area contributed by atoms with Gasteiger partial charge in [0.05, 0.1) is 0 Å². The summed E-state index contributed by atoms with van der Waals surface area (Å²) in [5, 5.41) is 5.30. The van der Waals surface area contributed by atoms with Crippen LogP contribution in [0.5, 0.6) is 0 Å². The van der Waals surface area contributed by atoms with Crippen LogP contribution in [0.2, 0.25) is 5.02 Å². The SMILES string of the molecule is Cc1c(CCCN2CCNCC2)oc2ccc(Cl)cc12. The Labute approximate surface area is 124 Å². The minimum absolute atomic E-state index is 0.772. The van der Waals surface area contributed by atoms with Crippen LogP contribution in [0.15, 0.2) is 22.6 Å². The normalized spacial score (nSPS) is 16.9. The maximum Gasteiger partial charge on any atom is 0.134 e. The van der Waals surface area contributed by atoms with E-state index in [1.165, 1.54) is 5.56 Å². The Morgan fingerprint density at radius 2 is 2.10 bits per heavy atom. The molecular formula is C16H21ClN2O. The lowest BCUT2D eigenvalue weighted by Crippen LogP contribution is -2.43. The molecule has 1 saturated heterocycles. The van der Waals surface area contributed by atoms with Crippen LogP contribution in [0.1, 0.15) is 17.7 Å². The quantitative estimate of drug-likeness (QED) is 0.938. The number of rotatable bonds is 4. The molecule has 1 aromatic carbocycles. The zero-order valence-corrected chi connectivity index (χ0v) is 12.7. The van der Waals surface area contributed by atoms with E-state index in [0.717, 1.165) is 67.3 Å². The summed E-state index contributed by atoms with van der Waals surface area (Å²) < 4.78 is 5.95. The maximum atomic E-state index is 6.05. The molecule has 0 saturated carbocycles. The molecule has 0 unspecified atom stereocenters. The van der Waals surface area contributed by atoms with E-state index in [4.69, 9.17) is 16.0 Å². The summed E-state index contributed by atoms with van der Waals surface area (Å²) in [6.07, 6.45) is 2.15. The van der Waals surface area contributed by atoms with E-state index in [0.29, 0.717) is 0 Å². The summed E-state index contributed by atoms with van der Waals surface area (Å²) in [5.41, 5.74) is 2.19. The summed E-state index contributed by atoms with van der Waals surface area (Å²) in [5.74, 6) is 1.11. The third-order valence-corrected chi connectivity index (χ3v) is 4.32. The molecule has 4 heteroatoms. The van der Waals surface area contributed by atoms with Gasteiger partial charge in [0.1, 0.15) is 11.3 Å². The van der Waals surface area contributed by atoms with Gasteiger partial charge in [-0.2, -0.15) is 0 Å². The molecule has 108 valence electrons. The third-order valence-electron chi connectivity index (χ3n) is 4.08. The van der Waals surface area contributed by atoms with E-state index >= 15 is 0 Å². The zero-order valence-electron chi connectivity index (χ0n) is 11.9. The van der Waals surface area contributed by atoms with E-state index in [2.05, 4.69) is 17.1 Å². The van der Waals surface area contributed by atoms with Crippen molar-refractivity contribution < 1.29 is 4.42 Å². The lowest BCUT2D eigenvalue weighted by Gasteiger charge is -2.26. The van der Waals surface area contributed by atoms with Gasteiger partial charge < -0.3 is 14.6 Å². The first-order valence-electron chi connectivity index (χ1n) is 7.34. The highest BCUT2D eigenvalue weighted by molar-refractivity contribution is 6.31. The summed E-state index contributed by atoms with van der Waals surface area (Å²) in [4.78, 5) is 2.52. The Balaban J connectivity index is 1.63. The van der Waals surface area contributed by atoms with Gasteiger partial charge in [-0.25, -0.2) is 0 Å². The highest BCUT2D eigenvalue weighted by Crippen LogP contribution is 2.28. The van der Waals surface area contributed by atoms with Crippen molar-refractivity contribution in [1.82, 2.24) is 10.2 Å². The number of hydrogen-bond acceptors (Lipinski definition) is 3. The fourth-order valence-electron chi connectivity index (χ4n) is 2.88. The highest BCUT2D eigenvalue weighted by atomic mass is 35.5. The molecule has 0 aliphatic carbocycles. The van der Waals surface area contributed by atoms with Crippen LogP contribution in [0.4, 0.5) is 0 Å². The third kappa shape index (κ3) is 3.00. The minimum atomic E-state index is 0.772. The highest BCUT2D eigenvalue weighted by Gasteiger charge is 2.12. The van der Waals surface area contributed by atoms with Crippen LogP contribution in [0.25, 0.3) is 11.0 Å². The molecule has 3 nitrogen and oxygen atoms in total. The molecule has 1 fully saturated rings. The average molecular weight is 293 g/mol. The molecular weight excluding hydrogens is 272 g/mol. The number of hydrogen-bond donors (Lipinski definition) is 1. The molecule has 0 spiro atoms. The largest absolute Gasteiger partial charge is 0.461 e. The lowest BCUT2D eigenvalue weighted by molar-refractivity contribution is 0.237. The Kier molecular flexibility index (Phi) is 4.29. The minimum Gasteiger partial charge on any atom is -0.461 e. The second-order valence-electron chi connectivity index (χ2n) is 5.49. The predicted octanol–water partition coefficient (Wildman–Crippen LogP) is 3.23. The maximum absolute atomic E-state index is 6.05. The number of piperazine rings is 1. The van der Waals surface area contributed by atoms with Crippen molar-refractivity contribution in [1.29, 1.82) is 0 Å². The molecule has 1 aromatic heterocycles. The molecule has 1 aliphatic rings. The van der Waals surface area contributed by atoms with Crippen molar-refractivity contribution in [2.24, 2.45) is 0 Å². The van der Waals surface area contributed by atoms with Crippen molar-refractivity contribution in [2.45, 2.75) is 19.8 Å². The van der Waals surface area contributed by atoms with Gasteiger partial charge in [-0.3, -0.25) is 0 Å². The van der Waals surface area contributed by atoms with Crippen LogP contribution in [-0.4, -0.2) is 37.6 Å². The summed E-state index contributed by atoms with van der Waals surface area (Å²) in [6.45, 7) is 7.83. The van der Waals surface area contributed by atoms with Crippen molar-refractivity contribution in [3.05, 3.63) is 34.5 Å². The second kappa shape index (κ2) is 6.17. The molecule has 20 heavy (non-hydrogen) atoms. The van der Waals surface area contributed by atoms with Crippen LogP contribution in [0.3, 0.4) is 0 Å². The molecule has 2 aromatic rings. The van der Waals surface area contributed by atoms with E-state index in [1.54, 1.807) is 0 Å². The summed E-state index contributed by atoms with van der Waals surface area (Å²) in [6, 6.07) is 5.84. The fraction of sp³-hybridized carbons (Fsp3) is 0.500. The van der Waals surface area contributed by atoms with E-state index < -0.39 is 0 Å². The van der Waals surface area contributed by atoms with Gasteiger partial charge in [-0.05, 0) is 43.7 Å². The number of furan rings is 1. The molecule has 0 bridgehead atoms. The Hall–Kier alpha value is -1.03. The lowest BCUT2D eigenvalue weighted by atomic mass is 10.1. The Morgan fingerprint density at radius 1 is 1.30 bits per heavy atom. The van der Waals surface area contributed by atoms with Gasteiger partial charge >= 0.3 is 0 Å². The molecule has 0 radical (unpaired) electrons. The van der Waals surface area contributed by atoms with Gasteiger partial charge in [0.25, 0.3) is 0 Å². The molecule has 2 heterocycles. The van der Waals surface area contributed by atoms with Gasteiger partial charge in [0, 0.05) is 43.0 Å². The molecule has 1 N–H and O–H groups in total. The van der Waals surface area contributed by atoms with Crippen LogP contribution in [0, 0.1) is 6.92 Å². The zero-order chi connectivity index (χ0) is 13.9. The van der Waals surface area contributed by atoms with E-state index in [9.17, 15) is 0 Å². The number of aryl methyl sites for hydroxylation is 2. The monoisotopic (exact) mass is 292 g/mol. The van der Waals surface area contributed by atoms with Crippen LogP contribution >= 0.6 is 11.6 Å². The number of benzene rings is 1. The first kappa shape index (κ1) is 13.9. The Morgan fingerprint density at radius 3 is 2.90 bits per heavy atom. The average Bonchev–Trinajstić information content (AvgIpc) is 2.77. The standard InChI is InChI=1S/C16H21ClN2O/c1-12-14-11-13(17)4-5-16(14)20-15(12)3-2-8-19-9-6-18-7-10-19/h4-5,11,18H,2-3,6-10H2,1H3. The van der Waals surface area contributed by atoms with Gasteiger partial charge in [-0.15, -0.1) is 0 Å². The van der Waals surface area contributed by atoms with Gasteiger partial charge in [0.15, 0.2) is 0 Å². The number of nitrogens with zero attached hydrogens (tertiary/aromatic N) is 1. The van der Waals surface area contributed by atoms with E-state index in [1.807, 2.05) is 18.2 Å². The topological polar surface area (TPSA) is 28.4 Å². The van der Waals surface area contributed by atoms with Crippen molar-refractivity contribution in [2.75, 3.05) is 32.7 Å². The predicted molar refractivity (Wildman–Crippen MR) is 83.6 cm³/mol. The van der Waals surface area contributed by atoms with Crippen molar-refractivity contribution in [3.8, 4) is 0 Å². The summed E-state index contributed by atoms with van der Waals surface area (Å²) in [7, 11) is 0. The van der Waals surface area contributed by atoms with Gasteiger partial charge in [-0.1, -0.05) is 11.6 Å². The number of halogens is 1. The van der Waals surface area contributed by atoms with Gasteiger partial charge in [0.2, 0.25) is 0 Å². The molecule has 3 rings (SSSR count). The summed E-state index contributed by atoms with van der Waals surface area (Å²) >= 11 is 6.05. The smallest absolute Gasteiger partial charge is 0.134 e. The molecule has 0 atom stereocenters. The number of fused-ring (bicyclic) bond motifs is 1. The fourth-order valence-corrected chi connectivity index (χ4v) is 3.05. The molecule has 1 aliphatic heterocycles. The van der Waals surface area contributed by atoms with E-state index in [-0.39, 0.29) is 0 Å². The van der Waals surface area contributed by atoms with Crippen LogP contribution in [-0.2, 0) is 6.42 Å². The molecule has 0 amide bonds. The number of nitrogens with one attached hydrogen (secondary N) is 1. The Bertz CT molecular complexity index is 587. The van der Waals surface area contributed by atoms with Crippen molar-refractivity contribution >= 4 is 22.6 Å². The first-order valence-corrected chi connectivity index (χ1v) is 7.72. The first-order chi connectivity index (χ1) is 9.74. The second-order valence-corrected chi connectivity index (χ2v) is 5.92. The van der Waals surface area contributed by atoms with Crippen LogP contribution < -0.4 is 5.32 Å². The van der Waals surface area contributed by atoms with Crippen molar-refractivity contribution in [3.63, 3.8) is 0 Å².